The van der Waals surface area contributed by atoms with Crippen molar-refractivity contribution in [1.29, 1.82) is 0 Å². The fraction of sp³-hybridized carbons (Fsp3) is 0.304. The first-order valence-corrected chi connectivity index (χ1v) is 9.45. The van der Waals surface area contributed by atoms with Crippen LogP contribution in [0.2, 0.25) is 0 Å². The standard InChI is InChI=1S/C23H26N2O3/c1-5-22(26)25(13-17-6-8-19(28-4)9-7-17)14-18-12-20-16(3)10-15(2)11-21(20)24-23(18)27/h6-12H,5,13-14H2,1-4H3,(H,24,27). The minimum atomic E-state index is -0.152. The first-order chi connectivity index (χ1) is 13.4. The summed E-state index contributed by atoms with van der Waals surface area (Å²) in [6, 6.07) is 13.6. The van der Waals surface area contributed by atoms with Gasteiger partial charge in [0.15, 0.2) is 0 Å². The van der Waals surface area contributed by atoms with Crippen LogP contribution in [0.3, 0.4) is 0 Å². The summed E-state index contributed by atoms with van der Waals surface area (Å²) in [5.41, 5.74) is 4.48. The lowest BCUT2D eigenvalue weighted by Crippen LogP contribution is -2.32. The van der Waals surface area contributed by atoms with Crippen molar-refractivity contribution < 1.29 is 9.53 Å². The van der Waals surface area contributed by atoms with Crippen molar-refractivity contribution in [3.05, 3.63) is 75.1 Å². The molecule has 5 heteroatoms. The normalized spacial score (nSPS) is 10.9. The van der Waals surface area contributed by atoms with E-state index in [4.69, 9.17) is 4.74 Å². The molecule has 0 atom stereocenters. The largest absolute Gasteiger partial charge is 0.497 e. The van der Waals surface area contributed by atoms with Gasteiger partial charge >= 0.3 is 0 Å². The molecule has 1 amide bonds. The Morgan fingerprint density at radius 3 is 2.43 bits per heavy atom. The van der Waals surface area contributed by atoms with Crippen LogP contribution in [0.25, 0.3) is 10.9 Å². The number of hydrogen-bond acceptors (Lipinski definition) is 3. The number of fused-ring (bicyclic) bond motifs is 1. The maximum atomic E-state index is 12.6. The quantitative estimate of drug-likeness (QED) is 0.703. The highest BCUT2D eigenvalue weighted by Gasteiger charge is 2.16. The molecule has 0 bridgehead atoms. The van der Waals surface area contributed by atoms with Gasteiger partial charge in [0.05, 0.1) is 13.7 Å². The molecule has 1 N–H and O–H groups in total. The van der Waals surface area contributed by atoms with Crippen molar-refractivity contribution in [2.75, 3.05) is 7.11 Å². The number of benzene rings is 2. The van der Waals surface area contributed by atoms with Gasteiger partial charge in [-0.3, -0.25) is 9.59 Å². The molecule has 3 aromatic rings. The highest BCUT2D eigenvalue weighted by atomic mass is 16.5. The van der Waals surface area contributed by atoms with Crippen molar-refractivity contribution in [3.63, 3.8) is 0 Å². The molecule has 5 nitrogen and oxygen atoms in total. The molecular weight excluding hydrogens is 352 g/mol. The third-order valence-electron chi connectivity index (χ3n) is 4.94. The van der Waals surface area contributed by atoms with E-state index in [1.807, 2.05) is 57.2 Å². The summed E-state index contributed by atoms with van der Waals surface area (Å²) in [5.74, 6) is 0.782. The fourth-order valence-corrected chi connectivity index (χ4v) is 3.45. The van der Waals surface area contributed by atoms with E-state index in [1.165, 1.54) is 0 Å². The van der Waals surface area contributed by atoms with Gasteiger partial charge in [0.2, 0.25) is 5.91 Å². The van der Waals surface area contributed by atoms with Crippen molar-refractivity contribution >= 4 is 16.8 Å². The number of amides is 1. The second-order valence-corrected chi connectivity index (χ2v) is 7.12. The molecule has 1 aromatic heterocycles. The van der Waals surface area contributed by atoms with E-state index in [0.29, 0.717) is 18.5 Å². The fourth-order valence-electron chi connectivity index (χ4n) is 3.45. The van der Waals surface area contributed by atoms with Crippen LogP contribution in [-0.4, -0.2) is 22.9 Å². The Morgan fingerprint density at radius 1 is 1.07 bits per heavy atom. The van der Waals surface area contributed by atoms with Crippen LogP contribution >= 0.6 is 0 Å². The average Bonchev–Trinajstić information content (AvgIpc) is 2.68. The molecule has 0 fully saturated rings. The molecule has 0 unspecified atom stereocenters. The smallest absolute Gasteiger partial charge is 0.253 e. The molecule has 0 radical (unpaired) electrons. The SMILES string of the molecule is CCC(=O)N(Cc1ccc(OC)cc1)Cc1cc2c(C)cc(C)cc2[nH]c1=O. The van der Waals surface area contributed by atoms with Crippen LogP contribution in [0.1, 0.15) is 35.6 Å². The second kappa shape index (κ2) is 8.30. The average molecular weight is 378 g/mol. The van der Waals surface area contributed by atoms with Crippen molar-refractivity contribution in [3.8, 4) is 5.75 Å². The molecule has 0 aliphatic heterocycles. The molecule has 0 spiro atoms. The van der Waals surface area contributed by atoms with Gasteiger partial charge in [-0.25, -0.2) is 0 Å². The van der Waals surface area contributed by atoms with Gasteiger partial charge in [-0.2, -0.15) is 0 Å². The van der Waals surface area contributed by atoms with E-state index >= 15 is 0 Å². The minimum absolute atomic E-state index is 0.0101. The topological polar surface area (TPSA) is 62.4 Å². The van der Waals surface area contributed by atoms with E-state index < -0.39 is 0 Å². The predicted molar refractivity (Wildman–Crippen MR) is 112 cm³/mol. The molecule has 2 aromatic carbocycles. The number of carbonyl (C=O) groups is 1. The number of rotatable bonds is 6. The predicted octanol–water partition coefficient (Wildman–Crippen LogP) is 4.09. The van der Waals surface area contributed by atoms with E-state index in [9.17, 15) is 9.59 Å². The van der Waals surface area contributed by atoms with E-state index in [2.05, 4.69) is 11.1 Å². The van der Waals surface area contributed by atoms with Gasteiger partial charge in [-0.15, -0.1) is 0 Å². The zero-order valence-corrected chi connectivity index (χ0v) is 16.8. The lowest BCUT2D eigenvalue weighted by Gasteiger charge is -2.22. The van der Waals surface area contributed by atoms with Gasteiger partial charge in [-0.05, 0) is 54.8 Å². The van der Waals surface area contributed by atoms with E-state index in [0.717, 1.165) is 33.3 Å². The van der Waals surface area contributed by atoms with Crippen molar-refractivity contribution in [2.24, 2.45) is 0 Å². The lowest BCUT2D eigenvalue weighted by molar-refractivity contribution is -0.132. The maximum absolute atomic E-state index is 12.6. The Balaban J connectivity index is 1.93. The Bertz CT molecular complexity index is 1050. The van der Waals surface area contributed by atoms with Crippen LogP contribution in [0.5, 0.6) is 5.75 Å². The Hall–Kier alpha value is -3.08. The molecule has 0 saturated heterocycles. The molecule has 1 heterocycles. The molecule has 0 saturated carbocycles. The highest BCUT2D eigenvalue weighted by molar-refractivity contribution is 5.83. The highest BCUT2D eigenvalue weighted by Crippen LogP contribution is 2.20. The molecule has 146 valence electrons. The Labute approximate surface area is 165 Å². The number of nitrogens with zero attached hydrogens (tertiary/aromatic N) is 1. The van der Waals surface area contributed by atoms with Crippen molar-refractivity contribution in [2.45, 2.75) is 40.3 Å². The summed E-state index contributed by atoms with van der Waals surface area (Å²) in [4.78, 5) is 29.8. The molecule has 3 rings (SSSR count). The number of H-pyrrole nitrogens is 1. The van der Waals surface area contributed by atoms with E-state index in [-0.39, 0.29) is 18.0 Å². The lowest BCUT2D eigenvalue weighted by atomic mass is 10.0. The Morgan fingerprint density at radius 2 is 1.79 bits per heavy atom. The number of carbonyl (C=O) groups excluding carboxylic acids is 1. The first kappa shape index (κ1) is 19.7. The minimum Gasteiger partial charge on any atom is -0.497 e. The second-order valence-electron chi connectivity index (χ2n) is 7.12. The summed E-state index contributed by atoms with van der Waals surface area (Å²) in [7, 11) is 1.62. The molecule has 28 heavy (non-hydrogen) atoms. The monoisotopic (exact) mass is 378 g/mol. The summed E-state index contributed by atoms with van der Waals surface area (Å²) >= 11 is 0. The van der Waals surface area contributed by atoms with Crippen LogP contribution in [-0.2, 0) is 17.9 Å². The summed E-state index contributed by atoms with van der Waals surface area (Å²) in [6.45, 7) is 6.60. The maximum Gasteiger partial charge on any atom is 0.253 e. The zero-order valence-electron chi connectivity index (χ0n) is 16.8. The first-order valence-electron chi connectivity index (χ1n) is 9.45. The number of aryl methyl sites for hydroxylation is 2. The van der Waals surface area contributed by atoms with Crippen LogP contribution in [0, 0.1) is 13.8 Å². The number of nitrogens with one attached hydrogen (secondary N) is 1. The number of hydrogen-bond donors (Lipinski definition) is 1. The number of aromatic nitrogens is 1. The summed E-state index contributed by atoms with van der Waals surface area (Å²) in [5, 5.41) is 1.01. The molecular formula is C23H26N2O3. The summed E-state index contributed by atoms with van der Waals surface area (Å²) in [6.07, 6.45) is 0.389. The van der Waals surface area contributed by atoms with Crippen LogP contribution in [0.4, 0.5) is 0 Å². The Kier molecular flexibility index (Phi) is 5.83. The molecule has 0 aliphatic carbocycles. The zero-order chi connectivity index (χ0) is 20.3. The van der Waals surface area contributed by atoms with Gasteiger partial charge < -0.3 is 14.6 Å². The third-order valence-corrected chi connectivity index (χ3v) is 4.94. The van der Waals surface area contributed by atoms with Gasteiger partial charge in [-0.1, -0.05) is 25.1 Å². The van der Waals surface area contributed by atoms with Crippen LogP contribution < -0.4 is 10.3 Å². The van der Waals surface area contributed by atoms with Gasteiger partial charge in [0, 0.05) is 29.4 Å². The van der Waals surface area contributed by atoms with Crippen molar-refractivity contribution in [1.82, 2.24) is 9.88 Å². The third kappa shape index (κ3) is 4.25. The van der Waals surface area contributed by atoms with E-state index in [1.54, 1.807) is 12.0 Å². The summed E-state index contributed by atoms with van der Waals surface area (Å²) < 4.78 is 5.19. The number of methoxy groups -OCH3 is 1. The van der Waals surface area contributed by atoms with Gasteiger partial charge in [0.25, 0.3) is 5.56 Å². The molecule has 0 aliphatic rings. The number of aromatic amines is 1. The van der Waals surface area contributed by atoms with Crippen LogP contribution in [0.15, 0.2) is 47.3 Å². The van der Waals surface area contributed by atoms with Gasteiger partial charge in [0.1, 0.15) is 5.75 Å². The number of ether oxygens (including phenoxy) is 1. The number of pyridine rings is 1.